The fourth-order valence-corrected chi connectivity index (χ4v) is 5.32. The number of anilines is 3. The minimum atomic E-state index is -3.71. The molecule has 0 aliphatic heterocycles. The first-order valence-corrected chi connectivity index (χ1v) is 11.9. The molecule has 1 unspecified atom stereocenters. The Morgan fingerprint density at radius 3 is 2.36 bits per heavy atom. The van der Waals surface area contributed by atoms with Crippen molar-refractivity contribution in [1.29, 1.82) is 0 Å². The number of benzene rings is 2. The maximum atomic E-state index is 12.5. The van der Waals surface area contributed by atoms with Gasteiger partial charge in [0.2, 0.25) is 5.95 Å². The lowest BCUT2D eigenvalue weighted by atomic mass is 10.2. The van der Waals surface area contributed by atoms with E-state index in [9.17, 15) is 8.42 Å². The third-order valence-corrected chi connectivity index (χ3v) is 7.86. The normalized spacial score (nSPS) is 12.7. The van der Waals surface area contributed by atoms with E-state index in [-0.39, 0.29) is 4.90 Å². The summed E-state index contributed by atoms with van der Waals surface area (Å²) in [5.41, 5.74) is 7.49. The average molecular weight is 480 g/mol. The van der Waals surface area contributed by atoms with Crippen LogP contribution in [0.25, 0.3) is 0 Å². The lowest BCUT2D eigenvalue weighted by Gasteiger charge is -2.08. The van der Waals surface area contributed by atoms with E-state index >= 15 is 0 Å². The van der Waals surface area contributed by atoms with Gasteiger partial charge < -0.3 is 11.1 Å². The molecule has 0 saturated carbocycles. The summed E-state index contributed by atoms with van der Waals surface area (Å²) in [7, 11) is -4.53. The topological polar surface area (TPSA) is 110 Å². The molecule has 28 heavy (non-hydrogen) atoms. The Labute approximate surface area is 174 Å². The van der Waals surface area contributed by atoms with E-state index in [4.69, 9.17) is 5.73 Å². The predicted molar refractivity (Wildman–Crippen MR) is 116 cm³/mol. The van der Waals surface area contributed by atoms with Crippen molar-refractivity contribution in [3.8, 4) is 0 Å². The molecule has 2 aromatic carbocycles. The number of nitrogens with two attached hydrogens (primary N) is 1. The van der Waals surface area contributed by atoms with E-state index in [1.54, 1.807) is 36.7 Å². The number of sulfonamides is 1. The van der Waals surface area contributed by atoms with Gasteiger partial charge in [0.25, 0.3) is 10.0 Å². The first-order chi connectivity index (χ1) is 13.2. The third-order valence-electron chi connectivity index (χ3n) is 3.75. The number of nitrogen functional groups attached to an aromatic ring is 1. The number of hydrogen-bond acceptors (Lipinski definition) is 6. The van der Waals surface area contributed by atoms with E-state index < -0.39 is 20.7 Å². The van der Waals surface area contributed by atoms with Crippen molar-refractivity contribution < 1.29 is 8.42 Å². The van der Waals surface area contributed by atoms with E-state index in [1.807, 2.05) is 31.2 Å². The van der Waals surface area contributed by atoms with Crippen molar-refractivity contribution in [2.24, 2.45) is 3.77 Å². The van der Waals surface area contributed by atoms with Gasteiger partial charge in [-0.3, -0.25) is 0 Å². The molecule has 3 N–H and O–H groups in total. The molecular weight excluding hydrogens is 462 g/mol. The second-order valence-electron chi connectivity index (χ2n) is 5.92. The van der Waals surface area contributed by atoms with E-state index in [0.717, 1.165) is 16.1 Å². The Bertz CT molecular complexity index is 1130. The summed E-state index contributed by atoms with van der Waals surface area (Å²) in [6, 6.07) is 13.9. The fourth-order valence-electron chi connectivity index (χ4n) is 2.25. The number of hydrogen-bond donors (Lipinski definition) is 2. The molecule has 0 bridgehead atoms. The van der Waals surface area contributed by atoms with Gasteiger partial charge in [0, 0.05) is 16.8 Å². The molecule has 7 nitrogen and oxygen atoms in total. The van der Waals surface area contributed by atoms with Crippen LogP contribution >= 0.6 is 15.9 Å². The second kappa shape index (κ2) is 8.38. The van der Waals surface area contributed by atoms with Gasteiger partial charge in [0.15, 0.2) is 0 Å². The summed E-state index contributed by atoms with van der Waals surface area (Å²) < 4.78 is 29.7. The first kappa shape index (κ1) is 20.4. The molecule has 0 saturated heterocycles. The predicted octanol–water partition coefficient (Wildman–Crippen LogP) is 4.05. The molecule has 0 amide bonds. The molecule has 0 aliphatic rings. The molecule has 10 heteroatoms. The third kappa shape index (κ3) is 4.94. The van der Waals surface area contributed by atoms with Crippen molar-refractivity contribution >= 4 is 54.1 Å². The Kier molecular flexibility index (Phi) is 6.11. The summed E-state index contributed by atoms with van der Waals surface area (Å²) in [5.74, 6) is 0.708. The van der Waals surface area contributed by atoms with Gasteiger partial charge in [-0.05, 0) is 65.5 Å². The van der Waals surface area contributed by atoms with Crippen LogP contribution in [0.5, 0.6) is 0 Å². The summed E-state index contributed by atoms with van der Waals surface area (Å²) in [5, 5.41) is 3.05. The van der Waals surface area contributed by atoms with Crippen LogP contribution in [-0.2, 0) is 20.7 Å². The van der Waals surface area contributed by atoms with Crippen LogP contribution in [0.4, 0.5) is 17.5 Å². The van der Waals surface area contributed by atoms with Gasteiger partial charge in [0.1, 0.15) is 5.82 Å². The highest BCUT2D eigenvalue weighted by Crippen LogP contribution is 2.21. The van der Waals surface area contributed by atoms with Gasteiger partial charge in [-0.15, -0.1) is 3.77 Å². The molecule has 0 spiro atoms. The minimum Gasteiger partial charge on any atom is -0.383 e. The second-order valence-corrected chi connectivity index (χ2v) is 10.2. The van der Waals surface area contributed by atoms with Crippen molar-refractivity contribution in [2.75, 3.05) is 17.3 Å². The molecule has 146 valence electrons. The quantitative estimate of drug-likeness (QED) is 0.570. The van der Waals surface area contributed by atoms with E-state index in [2.05, 4.69) is 35.0 Å². The zero-order chi connectivity index (χ0) is 20.3. The van der Waals surface area contributed by atoms with Gasteiger partial charge >= 0.3 is 0 Å². The molecular formula is C18H18BrN5O2S2. The SMILES string of the molecule is Cc1ccc(S(=O)(=O)N=S(C)c2ccc(Nc3ncc(Br)c(N)n3)cc2)cc1. The highest BCUT2D eigenvalue weighted by atomic mass is 79.9. The molecule has 3 aromatic rings. The number of nitrogens with zero attached hydrogens (tertiary/aromatic N) is 3. The molecule has 0 radical (unpaired) electrons. The number of nitrogens with one attached hydrogen (secondary N) is 1. The smallest absolute Gasteiger partial charge is 0.288 e. The monoisotopic (exact) mass is 479 g/mol. The van der Waals surface area contributed by atoms with E-state index in [0.29, 0.717) is 16.2 Å². The van der Waals surface area contributed by atoms with Crippen LogP contribution in [0.2, 0.25) is 0 Å². The Hall–Kier alpha value is -2.30. The number of halogens is 1. The lowest BCUT2D eigenvalue weighted by molar-refractivity contribution is 0.598. The Morgan fingerprint density at radius 2 is 1.75 bits per heavy atom. The van der Waals surface area contributed by atoms with Crippen LogP contribution in [0.15, 0.2) is 72.8 Å². The average Bonchev–Trinajstić information content (AvgIpc) is 2.65. The number of aromatic nitrogens is 2. The molecule has 0 fully saturated rings. The Balaban J connectivity index is 1.79. The van der Waals surface area contributed by atoms with Crippen molar-refractivity contribution in [3.63, 3.8) is 0 Å². The van der Waals surface area contributed by atoms with Crippen molar-refractivity contribution in [2.45, 2.75) is 16.7 Å². The standard InChI is InChI=1S/C18H18BrN5O2S2/c1-12-3-9-15(10-4-12)28(25,26)24-27(2)14-7-5-13(6-8-14)22-18-21-11-16(19)17(20)23-18/h3-11H,1-2H3,(H3,20,21,22,23). The van der Waals surface area contributed by atoms with Gasteiger partial charge in [-0.25, -0.2) is 4.98 Å². The zero-order valence-corrected chi connectivity index (χ0v) is 18.3. The summed E-state index contributed by atoms with van der Waals surface area (Å²) in [6.07, 6.45) is 3.34. The summed E-state index contributed by atoms with van der Waals surface area (Å²) in [4.78, 5) is 9.26. The molecule has 3 rings (SSSR count). The first-order valence-electron chi connectivity index (χ1n) is 8.10. The van der Waals surface area contributed by atoms with Gasteiger partial charge in [-0.2, -0.15) is 13.4 Å². The van der Waals surface area contributed by atoms with Crippen molar-refractivity contribution in [3.05, 3.63) is 64.8 Å². The number of rotatable bonds is 5. The Morgan fingerprint density at radius 1 is 1.11 bits per heavy atom. The highest BCUT2D eigenvalue weighted by Gasteiger charge is 2.13. The largest absolute Gasteiger partial charge is 0.383 e. The maximum Gasteiger partial charge on any atom is 0.288 e. The highest BCUT2D eigenvalue weighted by molar-refractivity contribution is 9.10. The summed E-state index contributed by atoms with van der Waals surface area (Å²) in [6.45, 7) is 1.90. The van der Waals surface area contributed by atoms with Crippen LogP contribution in [0.1, 0.15) is 5.56 Å². The molecule has 1 atom stereocenters. The summed E-state index contributed by atoms with van der Waals surface area (Å²) >= 11 is 3.25. The van der Waals surface area contributed by atoms with Crippen molar-refractivity contribution in [1.82, 2.24) is 9.97 Å². The van der Waals surface area contributed by atoms with Crippen LogP contribution < -0.4 is 11.1 Å². The minimum absolute atomic E-state index is 0.195. The molecule has 1 heterocycles. The number of aryl methyl sites for hydroxylation is 1. The fraction of sp³-hybridized carbons (Fsp3) is 0.111. The van der Waals surface area contributed by atoms with Crippen LogP contribution in [0.3, 0.4) is 0 Å². The zero-order valence-electron chi connectivity index (χ0n) is 15.1. The van der Waals surface area contributed by atoms with Gasteiger partial charge in [-0.1, -0.05) is 28.4 Å². The van der Waals surface area contributed by atoms with Gasteiger partial charge in [0.05, 0.1) is 9.37 Å². The van der Waals surface area contributed by atoms with Crippen LogP contribution in [0, 0.1) is 6.92 Å². The molecule has 1 aromatic heterocycles. The molecule has 0 aliphatic carbocycles. The maximum absolute atomic E-state index is 12.5. The lowest BCUT2D eigenvalue weighted by Crippen LogP contribution is -2.01. The van der Waals surface area contributed by atoms with Crippen LogP contribution in [-0.4, -0.2) is 24.6 Å². The van der Waals surface area contributed by atoms with E-state index in [1.165, 1.54) is 0 Å².